The van der Waals surface area contributed by atoms with Gasteiger partial charge in [-0.05, 0) is 46.9 Å². The summed E-state index contributed by atoms with van der Waals surface area (Å²) >= 11 is 0. The van der Waals surface area contributed by atoms with Crippen molar-refractivity contribution in [2.45, 2.75) is 50.0 Å². The highest BCUT2D eigenvalue weighted by atomic mass is 16.5. The largest absolute Gasteiger partial charge is 0.481 e. The minimum absolute atomic E-state index is 0.00222. The van der Waals surface area contributed by atoms with Gasteiger partial charge >= 0.3 is 12.1 Å². The van der Waals surface area contributed by atoms with Gasteiger partial charge in [-0.1, -0.05) is 67.8 Å². The van der Waals surface area contributed by atoms with E-state index in [0.29, 0.717) is 5.92 Å². The fourth-order valence-corrected chi connectivity index (χ4v) is 6.14. The summed E-state index contributed by atoms with van der Waals surface area (Å²) in [6.45, 7) is 0.247. The zero-order chi connectivity index (χ0) is 20.7. The molecule has 2 aromatic carbocycles. The van der Waals surface area contributed by atoms with Gasteiger partial charge < -0.3 is 15.2 Å². The maximum Gasteiger partial charge on any atom is 0.407 e. The van der Waals surface area contributed by atoms with E-state index < -0.39 is 17.6 Å². The Bertz CT molecular complexity index is 941. The van der Waals surface area contributed by atoms with E-state index in [1.54, 1.807) is 0 Å². The predicted molar refractivity (Wildman–Crippen MR) is 113 cm³/mol. The Labute approximate surface area is 176 Å². The maximum atomic E-state index is 12.8. The van der Waals surface area contributed by atoms with Gasteiger partial charge in [0.2, 0.25) is 0 Å². The van der Waals surface area contributed by atoms with Gasteiger partial charge in [0.1, 0.15) is 6.61 Å². The third-order valence-corrected chi connectivity index (χ3v) is 7.41. The van der Waals surface area contributed by atoms with Crippen LogP contribution in [0.5, 0.6) is 0 Å². The lowest BCUT2D eigenvalue weighted by Gasteiger charge is -2.57. The highest BCUT2D eigenvalue weighted by Crippen LogP contribution is 2.53. The van der Waals surface area contributed by atoms with Gasteiger partial charge in [-0.3, -0.25) is 4.79 Å². The Morgan fingerprint density at radius 1 is 1.00 bits per heavy atom. The number of carboxylic acids is 1. The van der Waals surface area contributed by atoms with Crippen LogP contribution in [0.15, 0.2) is 48.5 Å². The van der Waals surface area contributed by atoms with Gasteiger partial charge in [0.25, 0.3) is 0 Å². The number of nitrogens with one attached hydrogen (secondary N) is 1. The number of alkyl carbamates (subject to hydrolysis) is 1. The van der Waals surface area contributed by atoms with E-state index in [-0.39, 0.29) is 24.9 Å². The van der Waals surface area contributed by atoms with E-state index in [1.165, 1.54) is 28.7 Å². The number of carbonyl (C=O) groups excluding carboxylic acids is 1. The van der Waals surface area contributed by atoms with Crippen LogP contribution in [0, 0.1) is 11.8 Å². The smallest absolute Gasteiger partial charge is 0.407 e. The number of carboxylic acid groups (broad SMARTS) is 1. The molecule has 5 heteroatoms. The molecule has 1 amide bonds. The Hall–Kier alpha value is -2.82. The molecule has 0 heterocycles. The summed E-state index contributed by atoms with van der Waals surface area (Å²) in [4.78, 5) is 24.3. The first-order valence-corrected chi connectivity index (χ1v) is 10.9. The molecule has 0 bridgehead atoms. The van der Waals surface area contributed by atoms with Gasteiger partial charge in [-0.2, -0.15) is 0 Å². The van der Waals surface area contributed by atoms with Gasteiger partial charge in [-0.15, -0.1) is 0 Å². The molecule has 0 spiro atoms. The first-order chi connectivity index (χ1) is 14.6. The average Bonchev–Trinajstić information content (AvgIpc) is 3.05. The van der Waals surface area contributed by atoms with Crippen LogP contribution in [0.3, 0.4) is 0 Å². The molecule has 0 aliphatic heterocycles. The Morgan fingerprint density at radius 2 is 1.63 bits per heavy atom. The summed E-state index contributed by atoms with van der Waals surface area (Å²) in [6, 6.07) is 16.5. The zero-order valence-electron chi connectivity index (χ0n) is 17.0. The molecule has 30 heavy (non-hydrogen) atoms. The minimum Gasteiger partial charge on any atom is -0.481 e. The van der Waals surface area contributed by atoms with E-state index in [4.69, 9.17) is 4.74 Å². The summed E-state index contributed by atoms with van der Waals surface area (Å²) < 4.78 is 5.69. The number of aliphatic carboxylic acids is 1. The lowest BCUT2D eigenvalue weighted by Crippen LogP contribution is -2.66. The fraction of sp³-hybridized carbons (Fsp3) is 0.440. The van der Waals surface area contributed by atoms with Crippen LogP contribution in [-0.2, 0) is 9.53 Å². The van der Waals surface area contributed by atoms with Crippen LogP contribution in [0.2, 0.25) is 0 Å². The van der Waals surface area contributed by atoms with Crippen LogP contribution < -0.4 is 5.32 Å². The second-order valence-electron chi connectivity index (χ2n) is 9.03. The van der Waals surface area contributed by atoms with Crippen molar-refractivity contribution in [2.24, 2.45) is 11.8 Å². The Balaban J connectivity index is 1.30. The normalized spacial score (nSPS) is 26.7. The van der Waals surface area contributed by atoms with Crippen molar-refractivity contribution in [2.75, 3.05) is 6.61 Å². The van der Waals surface area contributed by atoms with Crippen molar-refractivity contribution in [3.05, 3.63) is 59.7 Å². The molecular weight excluding hydrogens is 378 g/mol. The SMILES string of the molecule is O=C(O)CC1(NC(=O)OCC2c3ccccc3-c3ccccc32)C[C@@H]2CCCC[C@@H]21. The molecular formula is C25H27NO4. The highest BCUT2D eigenvalue weighted by Gasteiger charge is 2.56. The molecule has 5 nitrogen and oxygen atoms in total. The number of amides is 1. The molecule has 2 aromatic rings. The second kappa shape index (κ2) is 7.46. The van der Waals surface area contributed by atoms with Crippen molar-refractivity contribution in [1.82, 2.24) is 5.32 Å². The van der Waals surface area contributed by atoms with Gasteiger partial charge in [0.05, 0.1) is 12.0 Å². The topological polar surface area (TPSA) is 75.6 Å². The second-order valence-corrected chi connectivity index (χ2v) is 9.03. The lowest BCUT2D eigenvalue weighted by atomic mass is 9.53. The quantitative estimate of drug-likeness (QED) is 0.738. The first kappa shape index (κ1) is 19.2. The van der Waals surface area contributed by atoms with Crippen LogP contribution in [0.25, 0.3) is 11.1 Å². The Kier molecular flexibility index (Phi) is 4.76. The van der Waals surface area contributed by atoms with Gasteiger partial charge in [-0.25, -0.2) is 4.79 Å². The van der Waals surface area contributed by atoms with E-state index in [9.17, 15) is 14.7 Å². The number of ether oxygens (including phenoxy) is 1. The average molecular weight is 405 g/mol. The number of hydrogen-bond acceptors (Lipinski definition) is 3. The van der Waals surface area contributed by atoms with Crippen molar-refractivity contribution < 1.29 is 19.4 Å². The summed E-state index contributed by atoms with van der Waals surface area (Å²) in [6.07, 6.45) is 4.65. The number of hydrogen-bond donors (Lipinski definition) is 2. The number of benzene rings is 2. The first-order valence-electron chi connectivity index (χ1n) is 10.9. The molecule has 3 atom stereocenters. The molecule has 5 rings (SSSR count). The molecule has 0 saturated heterocycles. The van der Waals surface area contributed by atoms with Crippen LogP contribution >= 0.6 is 0 Å². The fourth-order valence-electron chi connectivity index (χ4n) is 6.14. The van der Waals surface area contributed by atoms with E-state index in [1.807, 2.05) is 24.3 Å². The Morgan fingerprint density at radius 3 is 2.27 bits per heavy atom. The molecule has 3 aliphatic carbocycles. The molecule has 156 valence electrons. The summed E-state index contributed by atoms with van der Waals surface area (Å²) in [5.41, 5.74) is 4.06. The van der Waals surface area contributed by atoms with Gasteiger partial charge in [0.15, 0.2) is 0 Å². The molecule has 1 unspecified atom stereocenters. The number of fused-ring (bicyclic) bond motifs is 4. The molecule has 2 fully saturated rings. The summed E-state index contributed by atoms with van der Waals surface area (Å²) in [5.74, 6) is -0.0739. The highest BCUT2D eigenvalue weighted by molar-refractivity contribution is 5.79. The van der Waals surface area contributed by atoms with Crippen molar-refractivity contribution in [3.8, 4) is 11.1 Å². The number of rotatable bonds is 5. The third kappa shape index (κ3) is 3.17. The van der Waals surface area contributed by atoms with Crippen molar-refractivity contribution >= 4 is 12.1 Å². The van der Waals surface area contributed by atoms with Crippen molar-refractivity contribution in [3.63, 3.8) is 0 Å². The van der Waals surface area contributed by atoms with Gasteiger partial charge in [0, 0.05) is 5.92 Å². The minimum atomic E-state index is -0.863. The monoisotopic (exact) mass is 405 g/mol. The third-order valence-electron chi connectivity index (χ3n) is 7.41. The van der Waals surface area contributed by atoms with Crippen LogP contribution in [0.1, 0.15) is 55.6 Å². The summed E-state index contributed by atoms with van der Waals surface area (Å²) in [5, 5.41) is 12.4. The zero-order valence-corrected chi connectivity index (χ0v) is 17.0. The van der Waals surface area contributed by atoms with Crippen molar-refractivity contribution in [1.29, 1.82) is 0 Å². The number of carbonyl (C=O) groups is 2. The predicted octanol–water partition coefficient (Wildman–Crippen LogP) is 4.95. The van der Waals surface area contributed by atoms with E-state index >= 15 is 0 Å². The molecule has 0 radical (unpaired) electrons. The van der Waals surface area contributed by atoms with E-state index in [0.717, 1.165) is 25.7 Å². The molecule has 0 aromatic heterocycles. The van der Waals surface area contributed by atoms with E-state index in [2.05, 4.69) is 29.6 Å². The van der Waals surface area contributed by atoms with Crippen LogP contribution in [0.4, 0.5) is 4.79 Å². The summed E-state index contributed by atoms with van der Waals surface area (Å²) in [7, 11) is 0. The molecule has 2 saturated carbocycles. The van der Waals surface area contributed by atoms with Crippen LogP contribution in [-0.4, -0.2) is 29.3 Å². The lowest BCUT2D eigenvalue weighted by molar-refractivity contribution is -0.143. The maximum absolute atomic E-state index is 12.8. The molecule has 3 aliphatic rings. The molecule has 2 N–H and O–H groups in total. The standard InChI is InChI=1S/C25H27NO4/c27-23(28)14-25(13-16-7-1-6-12-22(16)25)26-24(29)30-15-21-19-10-4-2-8-17(19)18-9-3-5-11-20(18)21/h2-5,8-11,16,21-22H,1,6-7,12-15H2,(H,26,29)(H,27,28)/t16-,22-,25?/m0/s1.